The number of nitrogens with one attached hydrogen (secondary N) is 2. The molecule has 34 heavy (non-hydrogen) atoms. The third-order valence-corrected chi connectivity index (χ3v) is 6.95. The zero-order chi connectivity index (χ0) is 23.9. The molecule has 1 aromatic heterocycles. The quantitative estimate of drug-likeness (QED) is 0.434. The monoisotopic (exact) mass is 477 g/mol. The fraction of sp³-hybridized carbons (Fsp3) is 0.125. The minimum atomic E-state index is -4.31. The molecule has 2 heterocycles. The van der Waals surface area contributed by atoms with Gasteiger partial charge >= 0.3 is 15.8 Å². The van der Waals surface area contributed by atoms with Crippen LogP contribution in [0, 0.1) is 0 Å². The number of H-pyrrole nitrogens is 2. The molecule has 9 nitrogen and oxygen atoms in total. The summed E-state index contributed by atoms with van der Waals surface area (Å²) in [4.78, 5) is 42.4. The van der Waals surface area contributed by atoms with Gasteiger partial charge in [0.15, 0.2) is 0 Å². The Morgan fingerprint density at radius 2 is 1.71 bits per heavy atom. The van der Waals surface area contributed by atoms with Crippen LogP contribution in [-0.2, 0) is 23.1 Å². The van der Waals surface area contributed by atoms with Gasteiger partial charge in [0, 0.05) is 18.7 Å². The average molecular weight is 477 g/mol. The Balaban J connectivity index is 1.39. The van der Waals surface area contributed by atoms with Crippen molar-refractivity contribution in [1.29, 1.82) is 0 Å². The van der Waals surface area contributed by atoms with E-state index in [-0.39, 0.29) is 27.5 Å². The number of aromatic nitrogens is 2. The van der Waals surface area contributed by atoms with Crippen LogP contribution < -0.4 is 15.4 Å². The molecule has 1 amide bonds. The standard InChI is InChI=1S/C24H19N3O6S/c28-22-20-13-19(8-9-21(20)25-24(30)26-22)34(31,32)33-18-7-3-6-16(12-18)23(29)27-11-10-15-4-1-2-5-17(15)14-27/h1-9,12-13H,10-11,14H2,(H2,25,26,28,30). The largest absolute Gasteiger partial charge is 0.379 e. The van der Waals surface area contributed by atoms with Crippen molar-refractivity contribution < 1.29 is 17.4 Å². The fourth-order valence-corrected chi connectivity index (χ4v) is 4.96. The fourth-order valence-electron chi connectivity index (χ4n) is 4.01. The number of amides is 1. The van der Waals surface area contributed by atoms with E-state index in [1.807, 2.05) is 18.2 Å². The second-order valence-electron chi connectivity index (χ2n) is 7.93. The Morgan fingerprint density at radius 1 is 0.912 bits per heavy atom. The van der Waals surface area contributed by atoms with Crippen LogP contribution in [0.5, 0.6) is 5.75 Å². The van der Waals surface area contributed by atoms with Gasteiger partial charge in [-0.2, -0.15) is 8.42 Å². The van der Waals surface area contributed by atoms with Gasteiger partial charge in [-0.25, -0.2) is 4.79 Å². The van der Waals surface area contributed by atoms with E-state index >= 15 is 0 Å². The van der Waals surface area contributed by atoms with Crippen LogP contribution in [-0.4, -0.2) is 35.7 Å². The maximum Gasteiger partial charge on any atom is 0.339 e. The Bertz CT molecular complexity index is 1660. The van der Waals surface area contributed by atoms with E-state index < -0.39 is 21.4 Å². The molecule has 4 aromatic rings. The highest BCUT2D eigenvalue weighted by Gasteiger charge is 2.23. The summed E-state index contributed by atoms with van der Waals surface area (Å²) in [6.07, 6.45) is 0.749. The Labute approximate surface area is 193 Å². The van der Waals surface area contributed by atoms with Crippen molar-refractivity contribution in [2.75, 3.05) is 6.54 Å². The second-order valence-corrected chi connectivity index (χ2v) is 9.47. The molecule has 0 atom stereocenters. The molecule has 2 N–H and O–H groups in total. The van der Waals surface area contributed by atoms with Crippen LogP contribution in [0.25, 0.3) is 10.9 Å². The predicted octanol–water partition coefficient (Wildman–Crippen LogP) is 2.18. The van der Waals surface area contributed by atoms with E-state index in [1.54, 1.807) is 17.0 Å². The number of carbonyl (C=O) groups is 1. The SMILES string of the molecule is O=C(c1cccc(OS(=O)(=O)c2ccc3[nH]c(=O)[nH]c(=O)c3c2)c1)N1CCc2ccccc2C1. The zero-order valence-corrected chi connectivity index (χ0v) is 18.6. The Hall–Kier alpha value is -4.18. The second kappa shape index (κ2) is 8.31. The van der Waals surface area contributed by atoms with E-state index in [4.69, 9.17) is 4.18 Å². The molecule has 0 unspecified atom stereocenters. The van der Waals surface area contributed by atoms with Gasteiger partial charge in [0.25, 0.3) is 11.5 Å². The van der Waals surface area contributed by atoms with Gasteiger partial charge in [-0.1, -0.05) is 30.3 Å². The first-order valence-electron chi connectivity index (χ1n) is 10.5. The minimum Gasteiger partial charge on any atom is -0.379 e. The van der Waals surface area contributed by atoms with Crippen molar-refractivity contribution in [3.63, 3.8) is 0 Å². The van der Waals surface area contributed by atoms with Crippen molar-refractivity contribution in [2.45, 2.75) is 17.9 Å². The molecular weight excluding hydrogens is 458 g/mol. The molecule has 1 aliphatic rings. The molecule has 5 rings (SSSR count). The van der Waals surface area contributed by atoms with Crippen LogP contribution in [0.2, 0.25) is 0 Å². The zero-order valence-electron chi connectivity index (χ0n) is 17.8. The minimum absolute atomic E-state index is 0.00131. The van der Waals surface area contributed by atoms with E-state index in [0.29, 0.717) is 18.7 Å². The number of fused-ring (bicyclic) bond motifs is 2. The van der Waals surface area contributed by atoms with Gasteiger partial charge in [0.1, 0.15) is 10.6 Å². The van der Waals surface area contributed by atoms with Gasteiger partial charge in [-0.05, 0) is 53.9 Å². The molecule has 3 aromatic carbocycles. The first-order valence-corrected chi connectivity index (χ1v) is 11.9. The predicted molar refractivity (Wildman–Crippen MR) is 124 cm³/mol. The van der Waals surface area contributed by atoms with Crippen molar-refractivity contribution in [1.82, 2.24) is 14.9 Å². The molecule has 0 fully saturated rings. The number of hydrogen-bond acceptors (Lipinski definition) is 6. The lowest BCUT2D eigenvalue weighted by atomic mass is 9.99. The number of rotatable bonds is 4. The Kier molecular flexibility index (Phi) is 5.29. The summed E-state index contributed by atoms with van der Waals surface area (Å²) < 4.78 is 30.9. The number of benzene rings is 3. The van der Waals surface area contributed by atoms with Gasteiger partial charge < -0.3 is 14.1 Å². The summed E-state index contributed by atoms with van der Waals surface area (Å²) in [7, 11) is -4.31. The van der Waals surface area contributed by atoms with E-state index in [1.165, 1.54) is 29.8 Å². The summed E-state index contributed by atoms with van der Waals surface area (Å²) >= 11 is 0. The summed E-state index contributed by atoms with van der Waals surface area (Å²) in [5.41, 5.74) is 1.40. The van der Waals surface area contributed by atoms with Crippen molar-refractivity contribution >= 4 is 26.9 Å². The molecule has 10 heteroatoms. The maximum atomic E-state index is 13.1. The number of nitrogens with zero attached hydrogens (tertiary/aromatic N) is 1. The normalized spacial score (nSPS) is 13.5. The van der Waals surface area contributed by atoms with Crippen LogP contribution in [0.1, 0.15) is 21.5 Å². The molecule has 0 bridgehead atoms. The molecule has 172 valence electrons. The molecule has 0 spiro atoms. The van der Waals surface area contributed by atoms with Crippen molar-refractivity contribution in [3.8, 4) is 5.75 Å². The molecule has 0 radical (unpaired) electrons. The van der Waals surface area contributed by atoms with Gasteiger partial charge in [0.2, 0.25) is 0 Å². The molecular formula is C24H19N3O6S. The lowest BCUT2D eigenvalue weighted by molar-refractivity contribution is 0.0734. The summed E-state index contributed by atoms with van der Waals surface area (Å²) in [5.74, 6) is -0.253. The lowest BCUT2D eigenvalue weighted by Crippen LogP contribution is -2.35. The topological polar surface area (TPSA) is 129 Å². The lowest BCUT2D eigenvalue weighted by Gasteiger charge is -2.29. The van der Waals surface area contributed by atoms with Gasteiger partial charge in [0.05, 0.1) is 10.9 Å². The number of aromatic amines is 2. The number of carbonyl (C=O) groups excluding carboxylic acids is 1. The third kappa shape index (κ3) is 4.11. The average Bonchev–Trinajstić information content (AvgIpc) is 2.83. The summed E-state index contributed by atoms with van der Waals surface area (Å²) in [5, 5.41) is -0.00131. The van der Waals surface area contributed by atoms with Crippen LogP contribution in [0.3, 0.4) is 0 Å². The smallest absolute Gasteiger partial charge is 0.339 e. The first kappa shape index (κ1) is 21.7. The molecule has 0 saturated heterocycles. The highest BCUT2D eigenvalue weighted by atomic mass is 32.2. The molecule has 0 saturated carbocycles. The van der Waals surface area contributed by atoms with Crippen molar-refractivity contribution in [3.05, 3.63) is 104 Å². The maximum absolute atomic E-state index is 13.1. The number of hydrogen-bond donors (Lipinski definition) is 2. The van der Waals surface area contributed by atoms with Crippen LogP contribution in [0.15, 0.2) is 81.2 Å². The van der Waals surface area contributed by atoms with Crippen LogP contribution in [0.4, 0.5) is 0 Å². The molecule has 0 aliphatic carbocycles. The van der Waals surface area contributed by atoms with E-state index in [2.05, 4.69) is 16.0 Å². The summed E-state index contributed by atoms with van der Waals surface area (Å²) in [6.45, 7) is 1.04. The molecule has 1 aliphatic heterocycles. The Morgan fingerprint density at radius 3 is 2.53 bits per heavy atom. The highest BCUT2D eigenvalue weighted by Crippen LogP contribution is 2.24. The first-order chi connectivity index (χ1) is 16.3. The van der Waals surface area contributed by atoms with E-state index in [9.17, 15) is 22.8 Å². The van der Waals surface area contributed by atoms with Crippen LogP contribution >= 0.6 is 0 Å². The summed E-state index contributed by atoms with van der Waals surface area (Å²) in [6, 6.07) is 17.6. The van der Waals surface area contributed by atoms with Crippen molar-refractivity contribution in [2.24, 2.45) is 0 Å². The third-order valence-electron chi connectivity index (χ3n) is 5.70. The van der Waals surface area contributed by atoms with E-state index in [0.717, 1.165) is 18.1 Å². The van der Waals surface area contributed by atoms with Gasteiger partial charge in [-0.3, -0.25) is 14.6 Å². The van der Waals surface area contributed by atoms with Gasteiger partial charge in [-0.15, -0.1) is 0 Å². The highest BCUT2D eigenvalue weighted by molar-refractivity contribution is 7.87.